The first-order chi connectivity index (χ1) is 9.70. The van der Waals surface area contributed by atoms with E-state index in [9.17, 15) is 4.79 Å². The van der Waals surface area contributed by atoms with Crippen LogP contribution in [0.4, 0.5) is 0 Å². The quantitative estimate of drug-likeness (QED) is 0.791. The van der Waals surface area contributed by atoms with E-state index >= 15 is 0 Å². The number of hydrogen-bond donors (Lipinski definition) is 0. The van der Waals surface area contributed by atoms with Crippen molar-refractivity contribution >= 4 is 5.78 Å². The van der Waals surface area contributed by atoms with Gasteiger partial charge in [0, 0.05) is 19.6 Å². The lowest BCUT2D eigenvalue weighted by atomic mass is 9.72. The topological polar surface area (TPSA) is 35.5 Å². The SMILES string of the molecule is COC1(C(=O)C2CCOC3(CCCC3)C2)CCCCC1. The van der Waals surface area contributed by atoms with Crippen molar-refractivity contribution in [2.24, 2.45) is 5.92 Å². The lowest BCUT2D eigenvalue weighted by Gasteiger charge is -2.42. The average molecular weight is 280 g/mol. The molecule has 3 fully saturated rings. The van der Waals surface area contributed by atoms with Crippen LogP contribution in [0.15, 0.2) is 0 Å². The van der Waals surface area contributed by atoms with Crippen molar-refractivity contribution in [1.29, 1.82) is 0 Å². The van der Waals surface area contributed by atoms with Gasteiger partial charge >= 0.3 is 0 Å². The Labute approximate surface area is 122 Å². The van der Waals surface area contributed by atoms with Crippen LogP contribution in [0, 0.1) is 5.92 Å². The number of carbonyl (C=O) groups excluding carboxylic acids is 1. The maximum absolute atomic E-state index is 13.1. The molecular weight excluding hydrogens is 252 g/mol. The minimum atomic E-state index is -0.472. The second-order valence-corrected chi connectivity index (χ2v) is 7.05. The molecule has 0 N–H and O–H groups in total. The van der Waals surface area contributed by atoms with Crippen molar-refractivity contribution < 1.29 is 14.3 Å². The minimum Gasteiger partial charge on any atom is -0.375 e. The second kappa shape index (κ2) is 5.76. The molecule has 3 rings (SSSR count). The zero-order chi connectivity index (χ0) is 14.1. The number of methoxy groups -OCH3 is 1. The van der Waals surface area contributed by atoms with Crippen LogP contribution >= 0.6 is 0 Å². The third-order valence-corrected chi connectivity index (χ3v) is 5.88. The van der Waals surface area contributed by atoms with Gasteiger partial charge in [0.15, 0.2) is 5.78 Å². The normalized spacial score (nSPS) is 32.4. The van der Waals surface area contributed by atoms with Crippen LogP contribution in [0.25, 0.3) is 0 Å². The van der Waals surface area contributed by atoms with Crippen molar-refractivity contribution in [3.05, 3.63) is 0 Å². The highest BCUT2D eigenvalue weighted by Crippen LogP contribution is 2.44. The van der Waals surface area contributed by atoms with Gasteiger partial charge in [0.25, 0.3) is 0 Å². The molecule has 2 aliphatic carbocycles. The summed E-state index contributed by atoms with van der Waals surface area (Å²) in [5, 5.41) is 0. The summed E-state index contributed by atoms with van der Waals surface area (Å²) in [7, 11) is 1.73. The molecule has 1 saturated heterocycles. The standard InChI is InChI=1S/C17H28O3/c1-19-17(10-3-2-4-11-17)15(18)14-7-12-20-16(13-14)8-5-6-9-16/h14H,2-13H2,1H3. The van der Waals surface area contributed by atoms with Crippen LogP contribution in [-0.4, -0.2) is 30.7 Å². The van der Waals surface area contributed by atoms with Crippen molar-refractivity contribution in [1.82, 2.24) is 0 Å². The van der Waals surface area contributed by atoms with Gasteiger partial charge in [-0.15, -0.1) is 0 Å². The first-order valence-corrected chi connectivity index (χ1v) is 8.43. The number of ketones is 1. The summed E-state index contributed by atoms with van der Waals surface area (Å²) in [5.74, 6) is 0.550. The van der Waals surface area contributed by atoms with Crippen molar-refractivity contribution in [3.8, 4) is 0 Å². The molecule has 3 heteroatoms. The summed E-state index contributed by atoms with van der Waals surface area (Å²) in [4.78, 5) is 13.1. The van der Waals surface area contributed by atoms with Crippen LogP contribution < -0.4 is 0 Å². The van der Waals surface area contributed by atoms with Crippen molar-refractivity contribution in [2.45, 2.75) is 81.8 Å². The molecule has 3 nitrogen and oxygen atoms in total. The van der Waals surface area contributed by atoms with E-state index in [1.807, 2.05) is 0 Å². The fourth-order valence-electron chi connectivity index (χ4n) is 4.67. The summed E-state index contributed by atoms with van der Waals surface area (Å²) in [6, 6.07) is 0. The first kappa shape index (κ1) is 14.5. The summed E-state index contributed by atoms with van der Waals surface area (Å²) < 4.78 is 11.8. The molecule has 0 aromatic heterocycles. The van der Waals surface area contributed by atoms with E-state index in [0.29, 0.717) is 5.78 Å². The molecule has 3 aliphatic rings. The van der Waals surface area contributed by atoms with Gasteiger partial charge in [-0.05, 0) is 38.5 Å². The maximum Gasteiger partial charge on any atom is 0.167 e. The van der Waals surface area contributed by atoms with Gasteiger partial charge in [-0.2, -0.15) is 0 Å². The number of rotatable bonds is 3. The molecule has 0 aromatic carbocycles. The van der Waals surface area contributed by atoms with E-state index in [1.54, 1.807) is 7.11 Å². The van der Waals surface area contributed by atoms with Crippen LogP contribution in [-0.2, 0) is 14.3 Å². The Morgan fingerprint density at radius 2 is 1.70 bits per heavy atom. The van der Waals surface area contributed by atoms with E-state index in [2.05, 4.69) is 0 Å². The molecule has 0 aromatic rings. The zero-order valence-electron chi connectivity index (χ0n) is 12.8. The van der Waals surface area contributed by atoms with Gasteiger partial charge in [-0.1, -0.05) is 32.1 Å². The number of hydrogen-bond acceptors (Lipinski definition) is 3. The molecule has 1 atom stereocenters. The van der Waals surface area contributed by atoms with Gasteiger partial charge in [-0.25, -0.2) is 0 Å². The Kier molecular flexibility index (Phi) is 4.19. The lowest BCUT2D eigenvalue weighted by Crippen LogP contribution is -2.50. The molecular formula is C17H28O3. The molecule has 1 spiro atoms. The highest BCUT2D eigenvalue weighted by atomic mass is 16.5. The smallest absolute Gasteiger partial charge is 0.167 e. The third kappa shape index (κ3) is 2.55. The second-order valence-electron chi connectivity index (χ2n) is 7.05. The highest BCUT2D eigenvalue weighted by molar-refractivity contribution is 5.89. The lowest BCUT2D eigenvalue weighted by molar-refractivity contribution is -0.160. The Morgan fingerprint density at radius 3 is 2.35 bits per heavy atom. The molecule has 0 radical (unpaired) electrons. The first-order valence-electron chi connectivity index (χ1n) is 8.43. The molecule has 2 saturated carbocycles. The Bertz CT molecular complexity index is 351. The van der Waals surface area contributed by atoms with E-state index in [1.165, 1.54) is 19.3 Å². The van der Waals surface area contributed by atoms with Crippen molar-refractivity contribution in [2.75, 3.05) is 13.7 Å². The fraction of sp³-hybridized carbons (Fsp3) is 0.941. The van der Waals surface area contributed by atoms with Gasteiger partial charge in [-0.3, -0.25) is 4.79 Å². The van der Waals surface area contributed by atoms with Gasteiger partial charge in [0.2, 0.25) is 0 Å². The molecule has 1 unspecified atom stereocenters. The van der Waals surface area contributed by atoms with Crippen LogP contribution in [0.2, 0.25) is 0 Å². The molecule has 20 heavy (non-hydrogen) atoms. The Balaban J connectivity index is 1.72. The number of carbonyl (C=O) groups is 1. The predicted molar refractivity (Wildman–Crippen MR) is 77.7 cm³/mol. The number of ether oxygens (including phenoxy) is 2. The predicted octanol–water partition coefficient (Wildman–Crippen LogP) is 3.64. The van der Waals surface area contributed by atoms with Crippen LogP contribution in [0.1, 0.15) is 70.6 Å². The van der Waals surface area contributed by atoms with E-state index in [-0.39, 0.29) is 11.5 Å². The Hall–Kier alpha value is -0.410. The molecule has 114 valence electrons. The van der Waals surface area contributed by atoms with Crippen LogP contribution in [0.3, 0.4) is 0 Å². The van der Waals surface area contributed by atoms with E-state index in [0.717, 1.165) is 58.0 Å². The summed E-state index contributed by atoms with van der Waals surface area (Å²) >= 11 is 0. The van der Waals surface area contributed by atoms with E-state index < -0.39 is 5.60 Å². The minimum absolute atomic E-state index is 0.0299. The largest absolute Gasteiger partial charge is 0.375 e. The fourth-order valence-corrected chi connectivity index (χ4v) is 4.67. The van der Waals surface area contributed by atoms with E-state index in [4.69, 9.17) is 9.47 Å². The molecule has 1 aliphatic heterocycles. The Morgan fingerprint density at radius 1 is 1.05 bits per heavy atom. The van der Waals surface area contributed by atoms with Gasteiger partial charge in [0.1, 0.15) is 5.60 Å². The third-order valence-electron chi connectivity index (χ3n) is 5.88. The van der Waals surface area contributed by atoms with Crippen molar-refractivity contribution in [3.63, 3.8) is 0 Å². The van der Waals surface area contributed by atoms with Gasteiger partial charge in [0.05, 0.1) is 5.60 Å². The molecule has 1 heterocycles. The van der Waals surface area contributed by atoms with Gasteiger partial charge < -0.3 is 9.47 Å². The molecule has 0 bridgehead atoms. The summed E-state index contributed by atoms with van der Waals surface area (Å²) in [6.45, 7) is 0.760. The highest BCUT2D eigenvalue weighted by Gasteiger charge is 2.48. The zero-order valence-corrected chi connectivity index (χ0v) is 12.8. The summed E-state index contributed by atoms with van der Waals surface area (Å²) in [6.07, 6.45) is 12.0. The monoisotopic (exact) mass is 280 g/mol. The maximum atomic E-state index is 13.1. The summed E-state index contributed by atoms with van der Waals surface area (Å²) in [5.41, 5.74) is -0.442. The number of Topliss-reactive ketones (excluding diaryl/α,β-unsaturated/α-hetero) is 1. The average Bonchev–Trinajstić information content (AvgIpc) is 2.95. The molecule has 0 amide bonds. The van der Waals surface area contributed by atoms with Crippen LogP contribution in [0.5, 0.6) is 0 Å².